The second-order valence-corrected chi connectivity index (χ2v) is 5.45. The van der Waals surface area contributed by atoms with E-state index in [0.29, 0.717) is 5.52 Å². The number of nitrogens with one attached hydrogen (secondary N) is 1. The van der Waals surface area contributed by atoms with Crippen LogP contribution in [-0.4, -0.2) is 61.3 Å². The number of fused-ring (bicyclic) bond motifs is 1. The number of hydrogen-bond acceptors (Lipinski definition) is 4. The molecule has 1 aromatic heterocycles. The number of H-pyrrole nitrogens is 1. The lowest BCUT2D eigenvalue weighted by Gasteiger charge is -2.12. The van der Waals surface area contributed by atoms with Gasteiger partial charge in [-0.3, -0.25) is 9.59 Å². The third-order valence-corrected chi connectivity index (χ3v) is 3.10. The Morgan fingerprint density at radius 1 is 1.26 bits per heavy atom. The van der Waals surface area contributed by atoms with Gasteiger partial charge in [0.25, 0.3) is 0 Å². The van der Waals surface area contributed by atoms with Gasteiger partial charge in [-0.25, -0.2) is 0 Å². The quantitative estimate of drug-likeness (QED) is 0.499. The summed E-state index contributed by atoms with van der Waals surface area (Å²) < 4.78 is 38.3. The van der Waals surface area contributed by atoms with Crippen molar-refractivity contribution in [2.24, 2.45) is 0 Å². The van der Waals surface area contributed by atoms with E-state index in [4.69, 9.17) is 10.2 Å². The maximum atomic E-state index is 12.1. The van der Waals surface area contributed by atoms with Crippen molar-refractivity contribution >= 4 is 22.8 Å². The van der Waals surface area contributed by atoms with Crippen molar-refractivity contribution in [1.82, 2.24) is 14.8 Å². The van der Waals surface area contributed by atoms with Gasteiger partial charge < -0.3 is 19.5 Å². The van der Waals surface area contributed by atoms with Crippen molar-refractivity contribution < 1.29 is 19.8 Å². The fourth-order valence-corrected chi connectivity index (χ4v) is 1.95. The Labute approximate surface area is 141 Å². The molecular formula is C17H23N3O3. The number of likely N-dealkylation sites (N-methyl/N-ethyl adjacent to an activating group) is 1. The first-order valence-electron chi connectivity index (χ1n) is 9.08. The van der Waals surface area contributed by atoms with Crippen LogP contribution in [0.15, 0.2) is 24.4 Å². The van der Waals surface area contributed by atoms with Gasteiger partial charge in [-0.2, -0.15) is 0 Å². The van der Waals surface area contributed by atoms with Crippen molar-refractivity contribution in [3.05, 3.63) is 30.0 Å². The monoisotopic (exact) mass is 321 g/mol. The van der Waals surface area contributed by atoms with E-state index in [1.165, 1.54) is 45.4 Å². The average Bonchev–Trinajstić information content (AvgIpc) is 3.00. The lowest BCUT2D eigenvalue weighted by atomic mass is 10.1. The normalized spacial score (nSPS) is 14.8. The molecule has 0 fully saturated rings. The molecule has 23 heavy (non-hydrogen) atoms. The van der Waals surface area contributed by atoms with E-state index >= 15 is 0 Å². The zero-order valence-electron chi connectivity index (χ0n) is 17.6. The molecule has 1 aromatic carbocycles. The molecule has 0 aliphatic heterocycles. The molecule has 1 N–H and O–H groups in total. The van der Waals surface area contributed by atoms with Crippen LogP contribution < -0.4 is 4.74 Å². The lowest BCUT2D eigenvalue weighted by molar-refractivity contribution is -0.141. The Kier molecular flexibility index (Phi) is 3.84. The average molecular weight is 321 g/mol. The molecule has 0 bridgehead atoms. The second kappa shape index (κ2) is 7.28. The van der Waals surface area contributed by atoms with Crippen molar-refractivity contribution in [3.63, 3.8) is 0 Å². The van der Waals surface area contributed by atoms with Crippen LogP contribution in [0.3, 0.4) is 0 Å². The maximum absolute atomic E-state index is 12.1. The molecule has 0 saturated heterocycles. The molecule has 124 valence electrons. The Bertz CT molecular complexity index is 862. The molecule has 0 saturated carbocycles. The number of aryl methyl sites for hydroxylation is 1. The van der Waals surface area contributed by atoms with Gasteiger partial charge in [0.2, 0.25) is 5.91 Å². The van der Waals surface area contributed by atoms with Crippen molar-refractivity contribution in [3.8, 4) is 5.75 Å². The number of nitrogens with zero attached hydrogens (tertiary/aromatic N) is 2. The highest BCUT2D eigenvalue weighted by atomic mass is 16.5. The van der Waals surface area contributed by atoms with Gasteiger partial charge in [-0.05, 0) is 38.2 Å². The topological polar surface area (TPSA) is 65.6 Å². The van der Waals surface area contributed by atoms with Crippen LogP contribution in [0.4, 0.5) is 0 Å². The summed E-state index contributed by atoms with van der Waals surface area (Å²) in [6.45, 7) is -2.32. The summed E-state index contributed by atoms with van der Waals surface area (Å²) in [6, 6.07) is 4.77. The van der Waals surface area contributed by atoms with Crippen molar-refractivity contribution in [2.75, 3.05) is 34.7 Å². The number of esters is 1. The lowest BCUT2D eigenvalue weighted by Crippen LogP contribution is -2.26. The predicted molar refractivity (Wildman–Crippen MR) is 89.5 cm³/mol. The summed E-state index contributed by atoms with van der Waals surface area (Å²) in [5.41, 5.74) is 0.520. The summed E-state index contributed by atoms with van der Waals surface area (Å²) >= 11 is 0. The highest BCUT2D eigenvalue weighted by Crippen LogP contribution is 2.29. The number of aromatic amines is 1. The second-order valence-electron chi connectivity index (χ2n) is 5.45. The Balaban J connectivity index is 2.48. The Hall–Kier alpha value is -2.34. The smallest absolute Gasteiger partial charge is 0.320 e. The van der Waals surface area contributed by atoms with Crippen molar-refractivity contribution in [2.45, 2.75) is 12.8 Å². The molecule has 0 spiro atoms. The minimum absolute atomic E-state index is 0.0264. The van der Waals surface area contributed by atoms with Crippen LogP contribution in [0.1, 0.15) is 17.5 Å². The number of rotatable bonds is 6. The third kappa shape index (κ3) is 4.32. The molecule has 2 rings (SSSR count). The van der Waals surface area contributed by atoms with Gasteiger partial charge in [0.15, 0.2) is 0 Å². The molecule has 0 radical (unpaired) electrons. The van der Waals surface area contributed by atoms with Gasteiger partial charge in [-0.15, -0.1) is 0 Å². The fraction of sp³-hybridized carbons (Fsp3) is 0.412. The van der Waals surface area contributed by atoms with Crippen LogP contribution >= 0.6 is 0 Å². The van der Waals surface area contributed by atoms with Crippen LogP contribution in [0.25, 0.3) is 10.9 Å². The molecule has 1 amide bonds. The standard InChI is InChI=1S/C17H23N3O3/c1-19(2)9-8-12-11-18-13-6-5-7-14(17(12)13)23-16(22)10-15(21)20(3)4/h5-7,11,18H,8-10H2,1-4H3/i8D2,9D2. The van der Waals surface area contributed by atoms with Gasteiger partial charge in [0, 0.05) is 43.2 Å². The number of amides is 1. The molecule has 0 aliphatic rings. The zero-order valence-corrected chi connectivity index (χ0v) is 13.6. The van der Waals surface area contributed by atoms with Gasteiger partial charge >= 0.3 is 5.97 Å². The van der Waals surface area contributed by atoms with E-state index in [1.807, 2.05) is 0 Å². The van der Waals surface area contributed by atoms with Gasteiger partial charge in [0.1, 0.15) is 12.2 Å². The summed E-state index contributed by atoms with van der Waals surface area (Å²) in [5, 5.41) is 0.263. The number of aromatic nitrogens is 1. The largest absolute Gasteiger partial charge is 0.425 e. The summed E-state index contributed by atoms with van der Waals surface area (Å²) in [5.74, 6) is -1.12. The van der Waals surface area contributed by atoms with E-state index in [2.05, 4.69) is 4.98 Å². The Morgan fingerprint density at radius 3 is 2.65 bits per heavy atom. The molecule has 6 nitrogen and oxygen atoms in total. The molecule has 2 aromatic rings. The zero-order chi connectivity index (χ0) is 20.6. The SMILES string of the molecule is [2H]C([2H])(c1c[nH]c2cccc(OC(=O)CC(=O)N(C)C)c12)C([2H])([2H])N(C)C. The molecule has 0 atom stereocenters. The number of carbonyl (C=O) groups is 2. The number of hydrogen-bond donors (Lipinski definition) is 1. The summed E-state index contributed by atoms with van der Waals surface area (Å²) in [4.78, 5) is 29.1. The van der Waals surface area contributed by atoms with Crippen molar-refractivity contribution in [1.29, 1.82) is 0 Å². The van der Waals surface area contributed by atoms with Crippen LogP contribution in [0.2, 0.25) is 0 Å². The number of carbonyl (C=O) groups excluding carboxylic acids is 2. The Morgan fingerprint density at radius 2 is 2.00 bits per heavy atom. The number of benzene rings is 1. The highest BCUT2D eigenvalue weighted by molar-refractivity contribution is 5.97. The summed E-state index contributed by atoms with van der Waals surface area (Å²) in [7, 11) is 5.94. The molecular weight excluding hydrogens is 294 g/mol. The van der Waals surface area contributed by atoms with Crippen LogP contribution in [0.5, 0.6) is 5.75 Å². The van der Waals surface area contributed by atoms with E-state index in [1.54, 1.807) is 12.1 Å². The highest BCUT2D eigenvalue weighted by Gasteiger charge is 2.16. The fourth-order valence-electron chi connectivity index (χ4n) is 1.95. The first kappa shape index (κ1) is 12.1. The molecule has 0 unspecified atom stereocenters. The number of ether oxygens (including phenoxy) is 1. The predicted octanol–water partition coefficient (Wildman–Crippen LogP) is 1.66. The summed E-state index contributed by atoms with van der Waals surface area (Å²) in [6.07, 6.45) is -1.49. The van der Waals surface area contributed by atoms with E-state index in [9.17, 15) is 9.59 Å². The molecule has 1 heterocycles. The van der Waals surface area contributed by atoms with E-state index in [0.717, 1.165) is 4.90 Å². The van der Waals surface area contributed by atoms with E-state index in [-0.39, 0.29) is 16.7 Å². The van der Waals surface area contributed by atoms with Crippen LogP contribution in [-0.2, 0) is 16.0 Å². The van der Waals surface area contributed by atoms with Gasteiger partial charge in [0.05, 0.1) is 0 Å². The maximum Gasteiger partial charge on any atom is 0.320 e. The van der Waals surface area contributed by atoms with E-state index < -0.39 is 31.2 Å². The van der Waals surface area contributed by atoms with Crippen LogP contribution in [0, 0.1) is 0 Å². The minimum Gasteiger partial charge on any atom is -0.425 e. The molecule has 6 heteroatoms. The third-order valence-electron chi connectivity index (χ3n) is 3.10. The molecule has 0 aliphatic carbocycles. The minimum atomic E-state index is -2.41. The van der Waals surface area contributed by atoms with Gasteiger partial charge in [-0.1, -0.05) is 6.07 Å². The first-order valence-corrected chi connectivity index (χ1v) is 7.08. The first-order chi connectivity index (χ1) is 12.4.